The SMILES string of the molecule is N#C/C(=C\c1ccc(OCc2ccc3ccccc3c2)cc1)C(=O)Nc1nnc(C(F)(F)F)s1. The molecule has 0 unspecified atom stereocenters. The van der Waals surface area contributed by atoms with Crippen LogP contribution in [0.15, 0.2) is 72.3 Å². The Balaban J connectivity index is 1.39. The molecular weight excluding hydrogens is 465 g/mol. The molecule has 0 fully saturated rings. The lowest BCUT2D eigenvalue weighted by atomic mass is 10.1. The zero-order valence-corrected chi connectivity index (χ0v) is 18.2. The first-order chi connectivity index (χ1) is 16.3. The van der Waals surface area contributed by atoms with Crippen LogP contribution in [0, 0.1) is 11.3 Å². The van der Waals surface area contributed by atoms with Crippen molar-refractivity contribution in [2.24, 2.45) is 0 Å². The Labute approximate surface area is 195 Å². The van der Waals surface area contributed by atoms with Crippen molar-refractivity contribution in [3.8, 4) is 11.8 Å². The molecule has 4 rings (SSSR count). The molecule has 1 amide bonds. The quantitative estimate of drug-likeness (QED) is 0.277. The average molecular weight is 480 g/mol. The zero-order valence-electron chi connectivity index (χ0n) is 17.3. The Kier molecular flexibility index (Phi) is 6.56. The monoisotopic (exact) mass is 480 g/mol. The van der Waals surface area contributed by atoms with Crippen molar-refractivity contribution in [1.29, 1.82) is 5.26 Å². The highest BCUT2D eigenvalue weighted by Gasteiger charge is 2.35. The zero-order chi connectivity index (χ0) is 24.1. The number of nitrogens with zero attached hydrogens (tertiary/aromatic N) is 3. The number of benzene rings is 3. The summed E-state index contributed by atoms with van der Waals surface area (Å²) in [6.07, 6.45) is -3.35. The van der Waals surface area contributed by atoms with Gasteiger partial charge in [-0.05, 0) is 46.2 Å². The lowest BCUT2D eigenvalue weighted by molar-refractivity contribution is -0.138. The summed E-state index contributed by atoms with van der Waals surface area (Å²) in [5.41, 5.74) is 1.25. The maximum absolute atomic E-state index is 12.6. The molecule has 0 bridgehead atoms. The molecule has 10 heteroatoms. The number of aromatic nitrogens is 2. The molecule has 1 aromatic heterocycles. The van der Waals surface area contributed by atoms with Gasteiger partial charge < -0.3 is 4.74 Å². The van der Waals surface area contributed by atoms with Crippen molar-refractivity contribution >= 4 is 39.2 Å². The van der Waals surface area contributed by atoms with Crippen LogP contribution >= 0.6 is 11.3 Å². The highest BCUT2D eigenvalue weighted by molar-refractivity contribution is 7.15. The molecule has 0 atom stereocenters. The van der Waals surface area contributed by atoms with Gasteiger partial charge in [-0.15, -0.1) is 10.2 Å². The van der Waals surface area contributed by atoms with Crippen LogP contribution in [0.3, 0.4) is 0 Å². The van der Waals surface area contributed by atoms with E-state index in [0.717, 1.165) is 16.3 Å². The minimum Gasteiger partial charge on any atom is -0.489 e. The maximum atomic E-state index is 12.6. The van der Waals surface area contributed by atoms with Gasteiger partial charge in [-0.25, -0.2) is 0 Å². The van der Waals surface area contributed by atoms with Crippen LogP contribution < -0.4 is 10.1 Å². The second kappa shape index (κ2) is 9.72. The van der Waals surface area contributed by atoms with E-state index in [1.165, 1.54) is 6.08 Å². The first-order valence-corrected chi connectivity index (χ1v) is 10.7. The van der Waals surface area contributed by atoms with Crippen LogP contribution in [0.2, 0.25) is 0 Å². The van der Waals surface area contributed by atoms with E-state index >= 15 is 0 Å². The Hall–Kier alpha value is -4.23. The number of hydrogen-bond donors (Lipinski definition) is 1. The first-order valence-electron chi connectivity index (χ1n) is 9.86. The summed E-state index contributed by atoms with van der Waals surface area (Å²) >= 11 is 0.176. The molecule has 0 saturated heterocycles. The van der Waals surface area contributed by atoms with E-state index in [9.17, 15) is 23.2 Å². The van der Waals surface area contributed by atoms with E-state index in [4.69, 9.17) is 4.74 Å². The number of rotatable bonds is 6. The average Bonchev–Trinajstić information content (AvgIpc) is 3.31. The highest BCUT2D eigenvalue weighted by atomic mass is 32.1. The molecule has 170 valence electrons. The van der Waals surface area contributed by atoms with Gasteiger partial charge in [0.25, 0.3) is 5.91 Å². The van der Waals surface area contributed by atoms with Crippen molar-refractivity contribution in [3.63, 3.8) is 0 Å². The van der Waals surface area contributed by atoms with Gasteiger partial charge in [0, 0.05) is 0 Å². The molecule has 1 heterocycles. The third kappa shape index (κ3) is 5.57. The number of hydrogen-bond acceptors (Lipinski definition) is 6. The van der Waals surface area contributed by atoms with E-state index in [2.05, 4.69) is 21.6 Å². The van der Waals surface area contributed by atoms with Gasteiger partial charge in [-0.1, -0.05) is 59.9 Å². The van der Waals surface area contributed by atoms with Crippen molar-refractivity contribution in [2.75, 3.05) is 5.32 Å². The molecule has 0 spiro atoms. The van der Waals surface area contributed by atoms with Crippen LogP contribution in [0.1, 0.15) is 16.1 Å². The van der Waals surface area contributed by atoms with Gasteiger partial charge in [-0.3, -0.25) is 10.1 Å². The maximum Gasteiger partial charge on any atom is 0.445 e. The number of nitriles is 1. The topological polar surface area (TPSA) is 87.9 Å². The van der Waals surface area contributed by atoms with E-state index in [1.54, 1.807) is 30.3 Å². The number of nitrogens with one attached hydrogen (secondary N) is 1. The third-order valence-electron chi connectivity index (χ3n) is 4.66. The Morgan fingerprint density at radius 2 is 1.79 bits per heavy atom. The molecule has 0 radical (unpaired) electrons. The highest BCUT2D eigenvalue weighted by Crippen LogP contribution is 2.33. The van der Waals surface area contributed by atoms with Crippen LogP contribution in [-0.4, -0.2) is 16.1 Å². The lowest BCUT2D eigenvalue weighted by Gasteiger charge is -2.08. The number of amides is 1. The summed E-state index contributed by atoms with van der Waals surface area (Å²) in [5.74, 6) is -0.286. The fourth-order valence-corrected chi connectivity index (χ4v) is 3.63. The van der Waals surface area contributed by atoms with Gasteiger partial charge in [0.1, 0.15) is 24.0 Å². The van der Waals surface area contributed by atoms with E-state index < -0.39 is 17.1 Å². The third-order valence-corrected chi connectivity index (χ3v) is 5.55. The van der Waals surface area contributed by atoms with Crippen LogP contribution in [0.25, 0.3) is 16.8 Å². The Morgan fingerprint density at radius 3 is 2.47 bits per heavy atom. The number of carbonyl (C=O) groups is 1. The summed E-state index contributed by atoms with van der Waals surface area (Å²) < 4.78 is 43.7. The molecule has 0 saturated carbocycles. The van der Waals surface area contributed by atoms with Gasteiger partial charge in [0.05, 0.1) is 0 Å². The van der Waals surface area contributed by atoms with Gasteiger partial charge >= 0.3 is 6.18 Å². The van der Waals surface area contributed by atoms with Crippen molar-refractivity contribution in [1.82, 2.24) is 10.2 Å². The Morgan fingerprint density at radius 1 is 1.06 bits per heavy atom. The minimum absolute atomic E-state index is 0.176. The van der Waals surface area contributed by atoms with Crippen molar-refractivity contribution in [2.45, 2.75) is 12.8 Å². The minimum atomic E-state index is -4.66. The predicted octanol–water partition coefficient (Wildman–Crippen LogP) is 5.83. The summed E-state index contributed by atoms with van der Waals surface area (Å²) in [5, 5.41) is 18.4. The van der Waals surface area contributed by atoms with Gasteiger partial charge in [0.15, 0.2) is 0 Å². The first kappa shape index (κ1) is 22.9. The van der Waals surface area contributed by atoms with E-state index in [0.29, 0.717) is 17.9 Å². The number of ether oxygens (including phenoxy) is 1. The molecule has 1 N–H and O–H groups in total. The molecule has 6 nitrogen and oxygen atoms in total. The molecule has 0 aliphatic rings. The standard InChI is InChI=1S/C24H15F3N4O2S/c25-24(26,27)22-30-31-23(34-22)29-21(32)19(13-28)11-15-6-9-20(10-7-15)33-14-16-5-8-17-3-1-2-4-18(17)12-16/h1-12H,14H2,(H,29,31,32)/b19-11+. The number of anilines is 1. The second-order valence-electron chi connectivity index (χ2n) is 7.07. The normalized spacial score (nSPS) is 11.8. The molecule has 34 heavy (non-hydrogen) atoms. The number of halogens is 3. The van der Waals surface area contributed by atoms with Crippen molar-refractivity contribution in [3.05, 3.63) is 88.4 Å². The van der Waals surface area contributed by atoms with Crippen molar-refractivity contribution < 1.29 is 22.7 Å². The van der Waals surface area contributed by atoms with Gasteiger partial charge in [0.2, 0.25) is 10.1 Å². The van der Waals surface area contributed by atoms with E-state index in [-0.39, 0.29) is 22.0 Å². The van der Waals surface area contributed by atoms with Crippen LogP contribution in [-0.2, 0) is 17.6 Å². The fraction of sp³-hybridized carbons (Fsp3) is 0.0833. The van der Waals surface area contributed by atoms with Crippen LogP contribution in [0.5, 0.6) is 5.75 Å². The van der Waals surface area contributed by atoms with Gasteiger partial charge in [-0.2, -0.15) is 18.4 Å². The summed E-state index contributed by atoms with van der Waals surface area (Å²) in [7, 11) is 0. The number of carbonyl (C=O) groups excluding carboxylic acids is 1. The molecular formula is C24H15F3N4O2S. The predicted molar refractivity (Wildman–Crippen MR) is 122 cm³/mol. The molecule has 4 aromatic rings. The summed E-state index contributed by atoms with van der Waals surface area (Å²) in [4.78, 5) is 12.3. The van der Waals surface area contributed by atoms with E-state index in [1.807, 2.05) is 36.4 Å². The fourth-order valence-electron chi connectivity index (χ4n) is 3.02. The largest absolute Gasteiger partial charge is 0.489 e. The summed E-state index contributed by atoms with van der Waals surface area (Å²) in [6.45, 7) is 0.369. The number of fused-ring (bicyclic) bond motifs is 1. The lowest BCUT2D eigenvalue weighted by Crippen LogP contribution is -2.13. The van der Waals surface area contributed by atoms with Crippen LogP contribution in [0.4, 0.5) is 18.3 Å². The number of alkyl halides is 3. The molecule has 3 aromatic carbocycles. The second-order valence-corrected chi connectivity index (χ2v) is 8.05. The summed E-state index contributed by atoms with van der Waals surface area (Å²) in [6, 6.07) is 22.5. The molecule has 0 aliphatic carbocycles. The smallest absolute Gasteiger partial charge is 0.445 e. The molecule has 0 aliphatic heterocycles. The Bertz CT molecular complexity index is 1410.